The van der Waals surface area contributed by atoms with Crippen molar-refractivity contribution in [3.63, 3.8) is 0 Å². The van der Waals surface area contributed by atoms with Crippen LogP contribution in [0.4, 0.5) is 4.79 Å². The Morgan fingerprint density at radius 1 is 1.19 bits per heavy atom. The summed E-state index contributed by atoms with van der Waals surface area (Å²) in [6, 6.07) is 6.18. The molecule has 1 aliphatic heterocycles. The molecule has 0 saturated carbocycles. The lowest BCUT2D eigenvalue weighted by Crippen LogP contribution is -2.38. The molecule has 0 spiro atoms. The maximum Gasteiger partial charge on any atom is 0.322 e. The summed E-state index contributed by atoms with van der Waals surface area (Å²) in [7, 11) is 1.58. The van der Waals surface area contributed by atoms with Gasteiger partial charge in [-0.2, -0.15) is 0 Å². The molecule has 2 rings (SSSR count). The van der Waals surface area contributed by atoms with Crippen LogP contribution >= 0.6 is 0 Å². The van der Waals surface area contributed by atoms with Gasteiger partial charge in [-0.3, -0.25) is 10.1 Å². The molecule has 1 aromatic carbocycles. The van der Waals surface area contributed by atoms with E-state index >= 15 is 0 Å². The van der Waals surface area contributed by atoms with E-state index in [2.05, 4.69) is 10.6 Å². The summed E-state index contributed by atoms with van der Waals surface area (Å²) in [6.07, 6.45) is 0. The largest absolute Gasteiger partial charge is 0.497 e. The Balaban J connectivity index is 2.44. The molecule has 0 unspecified atom stereocenters. The second kappa shape index (κ2) is 6.30. The van der Waals surface area contributed by atoms with Crippen molar-refractivity contribution in [2.45, 2.75) is 19.9 Å². The maximum absolute atomic E-state index is 11.9. The molecule has 1 heterocycles. The number of ether oxygens (including phenoxy) is 2. The van der Waals surface area contributed by atoms with E-state index in [4.69, 9.17) is 9.47 Å². The van der Waals surface area contributed by atoms with Crippen molar-refractivity contribution >= 4 is 11.9 Å². The lowest BCUT2D eigenvalue weighted by molar-refractivity contribution is -0.116. The van der Waals surface area contributed by atoms with Gasteiger partial charge in [0.05, 0.1) is 19.3 Å². The van der Waals surface area contributed by atoms with E-state index < -0.39 is 18.0 Å². The minimum atomic E-state index is -0.546. The Morgan fingerprint density at radius 2 is 1.86 bits per heavy atom. The highest BCUT2D eigenvalue weighted by Crippen LogP contribution is 2.28. The van der Waals surface area contributed by atoms with Crippen LogP contribution in [0.1, 0.15) is 25.5 Å². The van der Waals surface area contributed by atoms with Crippen LogP contribution < -0.4 is 15.4 Å². The summed E-state index contributed by atoms with van der Waals surface area (Å²) in [5, 5.41) is 4.98. The smallest absolute Gasteiger partial charge is 0.322 e. The Bertz CT molecular complexity index is 578. The molecule has 0 aliphatic carbocycles. The molecule has 1 aliphatic rings. The van der Waals surface area contributed by atoms with Crippen LogP contribution in [0.3, 0.4) is 0 Å². The molecule has 0 radical (unpaired) electrons. The van der Waals surface area contributed by atoms with Gasteiger partial charge in [-0.15, -0.1) is 0 Å². The summed E-state index contributed by atoms with van der Waals surface area (Å²) < 4.78 is 10.7. The van der Waals surface area contributed by atoms with Crippen LogP contribution in [-0.2, 0) is 9.53 Å². The fourth-order valence-electron chi connectivity index (χ4n) is 2.14. The lowest BCUT2D eigenvalue weighted by Gasteiger charge is -2.21. The Kier molecular flexibility index (Phi) is 4.47. The van der Waals surface area contributed by atoms with Gasteiger partial charge in [0.25, 0.3) is 5.91 Å². The first-order valence-electron chi connectivity index (χ1n) is 6.66. The van der Waals surface area contributed by atoms with E-state index in [9.17, 15) is 9.59 Å². The fraction of sp³-hybridized carbons (Fsp3) is 0.333. The van der Waals surface area contributed by atoms with Crippen LogP contribution in [0.15, 0.2) is 35.6 Å². The van der Waals surface area contributed by atoms with Gasteiger partial charge in [0.15, 0.2) is 0 Å². The monoisotopic (exact) mass is 290 g/mol. The average Bonchev–Trinajstić information content (AvgIpc) is 2.59. The summed E-state index contributed by atoms with van der Waals surface area (Å²) in [5.74, 6) is 0.713. The molecule has 0 bridgehead atoms. The van der Waals surface area contributed by atoms with E-state index in [1.807, 2.05) is 19.1 Å². The zero-order valence-electron chi connectivity index (χ0n) is 12.2. The van der Waals surface area contributed by atoms with Crippen molar-refractivity contribution in [1.82, 2.24) is 10.6 Å². The highest BCUT2D eigenvalue weighted by Gasteiger charge is 2.29. The SMILES string of the molecule is CCOC1=C(C)C(=O)NC(=O)N[C@@H]1c1ccc(OC)cc1. The van der Waals surface area contributed by atoms with E-state index in [1.54, 1.807) is 26.2 Å². The zero-order valence-corrected chi connectivity index (χ0v) is 12.2. The number of hydrogen-bond donors (Lipinski definition) is 2. The number of rotatable bonds is 4. The van der Waals surface area contributed by atoms with Crippen LogP contribution in [-0.4, -0.2) is 25.7 Å². The Morgan fingerprint density at radius 3 is 2.43 bits per heavy atom. The second-order valence-electron chi connectivity index (χ2n) is 4.56. The van der Waals surface area contributed by atoms with E-state index in [0.29, 0.717) is 23.7 Å². The first-order chi connectivity index (χ1) is 10.1. The second-order valence-corrected chi connectivity index (χ2v) is 4.56. The molecular formula is C15H18N2O4. The van der Waals surface area contributed by atoms with Crippen molar-refractivity contribution in [3.8, 4) is 5.75 Å². The number of urea groups is 1. The summed E-state index contributed by atoms with van der Waals surface area (Å²) in [5.41, 5.74) is 1.19. The van der Waals surface area contributed by atoms with E-state index in [0.717, 1.165) is 5.56 Å². The van der Waals surface area contributed by atoms with Gasteiger partial charge < -0.3 is 14.8 Å². The molecule has 1 aromatic rings. The average molecular weight is 290 g/mol. The van der Waals surface area contributed by atoms with Gasteiger partial charge in [0.2, 0.25) is 0 Å². The summed E-state index contributed by atoms with van der Waals surface area (Å²) in [6.45, 7) is 3.87. The molecule has 6 heteroatoms. The van der Waals surface area contributed by atoms with Crippen molar-refractivity contribution < 1.29 is 19.1 Å². The third kappa shape index (κ3) is 3.16. The molecule has 2 N–H and O–H groups in total. The molecular weight excluding hydrogens is 272 g/mol. The topological polar surface area (TPSA) is 76.7 Å². The summed E-state index contributed by atoms with van der Waals surface area (Å²) in [4.78, 5) is 23.6. The van der Waals surface area contributed by atoms with Crippen molar-refractivity contribution in [2.24, 2.45) is 0 Å². The number of methoxy groups -OCH3 is 1. The number of benzene rings is 1. The van der Waals surface area contributed by atoms with Crippen LogP contribution in [0, 0.1) is 0 Å². The van der Waals surface area contributed by atoms with Crippen LogP contribution in [0.25, 0.3) is 0 Å². The van der Waals surface area contributed by atoms with Gasteiger partial charge in [-0.25, -0.2) is 4.79 Å². The molecule has 0 fully saturated rings. The quantitative estimate of drug-likeness (QED) is 0.887. The molecule has 21 heavy (non-hydrogen) atoms. The van der Waals surface area contributed by atoms with Crippen molar-refractivity contribution in [2.75, 3.05) is 13.7 Å². The highest BCUT2D eigenvalue weighted by atomic mass is 16.5. The van der Waals surface area contributed by atoms with E-state index in [-0.39, 0.29) is 0 Å². The molecule has 0 saturated heterocycles. The van der Waals surface area contributed by atoms with Crippen LogP contribution in [0.5, 0.6) is 5.75 Å². The van der Waals surface area contributed by atoms with E-state index in [1.165, 1.54) is 0 Å². The van der Waals surface area contributed by atoms with Gasteiger partial charge in [0, 0.05) is 0 Å². The number of nitrogens with one attached hydrogen (secondary N) is 2. The molecule has 112 valence electrons. The predicted octanol–water partition coefficient (Wildman–Crippen LogP) is 1.89. The molecule has 6 nitrogen and oxygen atoms in total. The number of carbonyl (C=O) groups excluding carboxylic acids is 2. The van der Waals surface area contributed by atoms with Gasteiger partial charge in [-0.1, -0.05) is 12.1 Å². The normalized spacial score (nSPS) is 18.7. The fourth-order valence-corrected chi connectivity index (χ4v) is 2.14. The van der Waals surface area contributed by atoms with Crippen molar-refractivity contribution in [1.29, 1.82) is 0 Å². The molecule has 3 amide bonds. The lowest BCUT2D eigenvalue weighted by atomic mass is 10.0. The third-order valence-electron chi connectivity index (χ3n) is 3.22. The number of imide groups is 1. The minimum Gasteiger partial charge on any atom is -0.497 e. The first-order valence-corrected chi connectivity index (χ1v) is 6.66. The Labute approximate surface area is 123 Å². The predicted molar refractivity (Wildman–Crippen MR) is 76.7 cm³/mol. The Hall–Kier alpha value is -2.50. The maximum atomic E-state index is 11.9. The number of amides is 3. The minimum absolute atomic E-state index is 0.385. The number of carbonyl (C=O) groups is 2. The summed E-state index contributed by atoms with van der Waals surface area (Å²) >= 11 is 0. The first kappa shape index (κ1) is 14.9. The van der Waals surface area contributed by atoms with Gasteiger partial charge >= 0.3 is 6.03 Å². The van der Waals surface area contributed by atoms with Gasteiger partial charge in [-0.05, 0) is 31.5 Å². The number of hydrogen-bond acceptors (Lipinski definition) is 4. The molecule has 1 atom stereocenters. The molecule has 0 aromatic heterocycles. The third-order valence-corrected chi connectivity index (χ3v) is 3.22. The highest BCUT2D eigenvalue weighted by molar-refractivity contribution is 6.05. The van der Waals surface area contributed by atoms with Crippen molar-refractivity contribution in [3.05, 3.63) is 41.2 Å². The van der Waals surface area contributed by atoms with Gasteiger partial charge in [0.1, 0.15) is 17.6 Å². The zero-order chi connectivity index (χ0) is 15.4. The van der Waals surface area contributed by atoms with Crippen LogP contribution in [0.2, 0.25) is 0 Å². The standard InChI is InChI=1S/C15H18N2O4/c1-4-21-13-9(2)14(18)17-15(19)16-12(13)10-5-7-11(20-3)8-6-10/h5-8,12H,4H2,1-3H3,(H2,16,17,18,19)/t12-/m1/s1.